The SMILES string of the molecule is N#CCOc1ccc(C=NOCC(=O)O)cc1. The van der Waals surface area contributed by atoms with Crippen molar-refractivity contribution in [3.8, 4) is 11.8 Å². The molecule has 0 atom stereocenters. The Hall–Kier alpha value is -2.55. The van der Waals surface area contributed by atoms with Crippen LogP contribution in [0.15, 0.2) is 29.4 Å². The number of carboxylic acids is 1. The van der Waals surface area contributed by atoms with Gasteiger partial charge in [-0.1, -0.05) is 5.16 Å². The van der Waals surface area contributed by atoms with Crippen LogP contribution in [0.5, 0.6) is 5.75 Å². The van der Waals surface area contributed by atoms with E-state index in [1.807, 2.05) is 6.07 Å². The minimum Gasteiger partial charge on any atom is -0.479 e. The van der Waals surface area contributed by atoms with Crippen LogP contribution >= 0.6 is 0 Å². The molecule has 0 fully saturated rings. The summed E-state index contributed by atoms with van der Waals surface area (Å²) in [5, 5.41) is 20.1. The van der Waals surface area contributed by atoms with Crippen LogP contribution in [0.4, 0.5) is 0 Å². The molecule has 0 saturated heterocycles. The van der Waals surface area contributed by atoms with Crippen molar-refractivity contribution >= 4 is 12.2 Å². The van der Waals surface area contributed by atoms with Gasteiger partial charge in [0.25, 0.3) is 0 Å². The highest BCUT2D eigenvalue weighted by Crippen LogP contribution is 2.10. The first-order chi connectivity index (χ1) is 8.22. The van der Waals surface area contributed by atoms with E-state index in [0.29, 0.717) is 5.75 Å². The molecule has 0 saturated carbocycles. The van der Waals surface area contributed by atoms with E-state index in [1.165, 1.54) is 6.21 Å². The Balaban J connectivity index is 2.45. The normalized spacial score (nSPS) is 9.82. The second-order valence-corrected chi connectivity index (χ2v) is 2.92. The molecule has 0 spiro atoms. The standard InChI is InChI=1S/C11H10N2O4/c12-5-6-16-10-3-1-9(2-4-10)7-13-17-8-11(14)15/h1-4,7H,6,8H2,(H,14,15). The highest BCUT2D eigenvalue weighted by atomic mass is 16.6. The lowest BCUT2D eigenvalue weighted by Gasteiger charge is -2.00. The van der Waals surface area contributed by atoms with Crippen LogP contribution in [0.1, 0.15) is 5.56 Å². The zero-order chi connectivity index (χ0) is 12.5. The van der Waals surface area contributed by atoms with Gasteiger partial charge in [-0.15, -0.1) is 0 Å². The van der Waals surface area contributed by atoms with Crippen LogP contribution in [-0.2, 0) is 9.63 Å². The molecule has 0 heterocycles. The number of benzene rings is 1. The molecule has 1 aromatic carbocycles. The number of ether oxygens (including phenoxy) is 1. The van der Waals surface area contributed by atoms with E-state index >= 15 is 0 Å². The lowest BCUT2D eigenvalue weighted by molar-refractivity contribution is -0.142. The Kier molecular flexibility index (Phi) is 5.04. The van der Waals surface area contributed by atoms with Gasteiger partial charge in [0.05, 0.1) is 6.21 Å². The zero-order valence-electron chi connectivity index (χ0n) is 8.87. The van der Waals surface area contributed by atoms with Gasteiger partial charge < -0.3 is 14.7 Å². The first-order valence-electron chi connectivity index (χ1n) is 4.69. The summed E-state index contributed by atoms with van der Waals surface area (Å²) in [7, 11) is 0. The van der Waals surface area contributed by atoms with Crippen molar-refractivity contribution in [3.63, 3.8) is 0 Å². The molecule has 6 nitrogen and oxygen atoms in total. The van der Waals surface area contributed by atoms with E-state index in [2.05, 4.69) is 9.99 Å². The number of nitriles is 1. The van der Waals surface area contributed by atoms with E-state index in [9.17, 15) is 4.79 Å². The van der Waals surface area contributed by atoms with Crippen molar-refractivity contribution in [2.45, 2.75) is 0 Å². The molecule has 1 N–H and O–H groups in total. The first kappa shape index (κ1) is 12.5. The van der Waals surface area contributed by atoms with E-state index in [4.69, 9.17) is 15.1 Å². The summed E-state index contributed by atoms with van der Waals surface area (Å²) < 4.78 is 5.05. The average molecular weight is 234 g/mol. The molecule has 0 unspecified atom stereocenters. The summed E-state index contributed by atoms with van der Waals surface area (Å²) >= 11 is 0. The Labute approximate surface area is 97.7 Å². The fourth-order valence-corrected chi connectivity index (χ4v) is 0.956. The van der Waals surface area contributed by atoms with Crippen molar-refractivity contribution < 1.29 is 19.5 Å². The predicted molar refractivity (Wildman–Crippen MR) is 58.7 cm³/mol. The maximum absolute atomic E-state index is 10.1. The van der Waals surface area contributed by atoms with Gasteiger partial charge in [0.1, 0.15) is 11.8 Å². The topological polar surface area (TPSA) is 91.9 Å². The second kappa shape index (κ2) is 6.85. The molecular weight excluding hydrogens is 224 g/mol. The minimum absolute atomic E-state index is 0.00480. The van der Waals surface area contributed by atoms with Crippen LogP contribution in [0, 0.1) is 11.3 Å². The van der Waals surface area contributed by atoms with Crippen LogP contribution < -0.4 is 4.74 Å². The number of carbonyl (C=O) groups is 1. The fourth-order valence-electron chi connectivity index (χ4n) is 0.956. The number of carboxylic acid groups (broad SMARTS) is 1. The monoisotopic (exact) mass is 234 g/mol. The molecule has 1 rings (SSSR count). The van der Waals surface area contributed by atoms with Gasteiger partial charge in [-0.2, -0.15) is 5.26 Å². The lowest BCUT2D eigenvalue weighted by Crippen LogP contribution is -2.03. The van der Waals surface area contributed by atoms with Gasteiger partial charge in [0.15, 0.2) is 6.61 Å². The third-order valence-electron chi connectivity index (χ3n) is 1.65. The number of oxime groups is 1. The molecular formula is C11H10N2O4. The molecule has 0 radical (unpaired) electrons. The van der Waals surface area contributed by atoms with Crippen molar-refractivity contribution in [2.75, 3.05) is 13.2 Å². The summed E-state index contributed by atoms with van der Waals surface area (Å²) in [5.74, 6) is -0.502. The van der Waals surface area contributed by atoms with Crippen molar-refractivity contribution in [1.29, 1.82) is 5.26 Å². The summed E-state index contributed by atoms with van der Waals surface area (Å²) in [5.41, 5.74) is 0.736. The number of nitrogens with zero attached hydrogens (tertiary/aromatic N) is 2. The summed E-state index contributed by atoms with van der Waals surface area (Å²) in [4.78, 5) is 14.6. The number of hydrogen-bond acceptors (Lipinski definition) is 5. The van der Waals surface area contributed by atoms with Crippen molar-refractivity contribution in [3.05, 3.63) is 29.8 Å². The van der Waals surface area contributed by atoms with Crippen LogP contribution in [0.25, 0.3) is 0 Å². The zero-order valence-corrected chi connectivity index (χ0v) is 8.87. The Bertz CT molecular complexity index is 434. The lowest BCUT2D eigenvalue weighted by atomic mass is 10.2. The molecule has 6 heteroatoms. The van der Waals surface area contributed by atoms with Crippen LogP contribution in [0.2, 0.25) is 0 Å². The smallest absolute Gasteiger partial charge is 0.344 e. The third-order valence-corrected chi connectivity index (χ3v) is 1.65. The van der Waals surface area contributed by atoms with E-state index in [-0.39, 0.29) is 6.61 Å². The van der Waals surface area contributed by atoms with Gasteiger partial charge in [0, 0.05) is 0 Å². The molecule has 0 amide bonds. The van der Waals surface area contributed by atoms with Gasteiger partial charge in [0.2, 0.25) is 6.61 Å². The highest BCUT2D eigenvalue weighted by Gasteiger charge is 1.95. The molecule has 0 aliphatic heterocycles. The number of hydrogen-bond donors (Lipinski definition) is 1. The van der Waals surface area contributed by atoms with E-state index < -0.39 is 12.6 Å². The number of rotatable bonds is 6. The molecule has 0 bridgehead atoms. The van der Waals surface area contributed by atoms with Crippen LogP contribution in [0.3, 0.4) is 0 Å². The predicted octanol–water partition coefficient (Wildman–Crippen LogP) is 1.02. The molecule has 17 heavy (non-hydrogen) atoms. The first-order valence-corrected chi connectivity index (χ1v) is 4.69. The maximum atomic E-state index is 10.1. The third kappa shape index (κ3) is 5.18. The van der Waals surface area contributed by atoms with Gasteiger partial charge in [-0.25, -0.2) is 4.79 Å². The van der Waals surface area contributed by atoms with Crippen LogP contribution in [-0.4, -0.2) is 30.5 Å². The molecule has 88 valence electrons. The summed E-state index contributed by atoms with van der Waals surface area (Å²) in [6.07, 6.45) is 1.39. The van der Waals surface area contributed by atoms with Gasteiger partial charge in [-0.05, 0) is 29.8 Å². The Morgan fingerprint density at radius 2 is 2.18 bits per heavy atom. The Morgan fingerprint density at radius 3 is 2.76 bits per heavy atom. The van der Waals surface area contributed by atoms with Crippen molar-refractivity contribution in [2.24, 2.45) is 5.16 Å². The largest absolute Gasteiger partial charge is 0.479 e. The summed E-state index contributed by atoms with van der Waals surface area (Å²) in [6.45, 7) is -0.477. The molecule has 0 aliphatic carbocycles. The van der Waals surface area contributed by atoms with Gasteiger partial charge in [-0.3, -0.25) is 0 Å². The van der Waals surface area contributed by atoms with Crippen molar-refractivity contribution in [1.82, 2.24) is 0 Å². The van der Waals surface area contributed by atoms with E-state index in [0.717, 1.165) is 5.56 Å². The molecule has 1 aromatic rings. The second-order valence-electron chi connectivity index (χ2n) is 2.92. The van der Waals surface area contributed by atoms with E-state index in [1.54, 1.807) is 24.3 Å². The number of aliphatic carboxylic acids is 1. The highest BCUT2D eigenvalue weighted by molar-refractivity contribution is 5.79. The quantitative estimate of drug-likeness (QED) is 0.586. The summed E-state index contributed by atoms with van der Waals surface area (Å²) in [6, 6.07) is 8.63. The minimum atomic E-state index is -1.08. The molecule has 0 aromatic heterocycles. The van der Waals surface area contributed by atoms with Gasteiger partial charge >= 0.3 is 5.97 Å². The average Bonchev–Trinajstić information content (AvgIpc) is 2.33. The fraction of sp³-hybridized carbons (Fsp3) is 0.182. The Morgan fingerprint density at radius 1 is 1.47 bits per heavy atom. The maximum Gasteiger partial charge on any atom is 0.344 e. The molecule has 0 aliphatic rings.